The molecule has 150 valence electrons. The van der Waals surface area contributed by atoms with Gasteiger partial charge in [-0.2, -0.15) is 0 Å². The van der Waals surface area contributed by atoms with Crippen LogP contribution in [-0.2, 0) is 4.79 Å². The second-order valence-corrected chi connectivity index (χ2v) is 9.50. The van der Waals surface area contributed by atoms with Crippen molar-refractivity contribution in [2.45, 2.75) is 52.5 Å². The van der Waals surface area contributed by atoms with Gasteiger partial charge in [0.15, 0.2) is 0 Å². The molecule has 4 nitrogen and oxygen atoms in total. The Morgan fingerprint density at radius 2 is 1.74 bits per heavy atom. The van der Waals surface area contributed by atoms with Crippen LogP contribution in [0, 0.1) is 11.3 Å². The SMILES string of the molecule is CN(CC1CCN(C(=O)C(C)(C)C)CC1)C1CCCN(c2ccccc2)C1. The van der Waals surface area contributed by atoms with Crippen LogP contribution in [0.2, 0.25) is 0 Å². The maximum Gasteiger partial charge on any atom is 0.227 e. The van der Waals surface area contributed by atoms with Crippen LogP contribution in [-0.4, -0.2) is 61.5 Å². The van der Waals surface area contributed by atoms with E-state index in [0.29, 0.717) is 17.9 Å². The summed E-state index contributed by atoms with van der Waals surface area (Å²) in [4.78, 5) is 19.7. The average molecular weight is 372 g/mol. The topological polar surface area (TPSA) is 26.8 Å². The van der Waals surface area contributed by atoms with Crippen molar-refractivity contribution < 1.29 is 4.79 Å². The third-order valence-corrected chi connectivity index (χ3v) is 6.23. The fourth-order valence-electron chi connectivity index (χ4n) is 4.54. The van der Waals surface area contributed by atoms with E-state index in [-0.39, 0.29) is 5.41 Å². The molecule has 0 aliphatic carbocycles. The zero-order chi connectivity index (χ0) is 19.4. The van der Waals surface area contributed by atoms with E-state index in [1.807, 2.05) is 20.8 Å². The fraction of sp³-hybridized carbons (Fsp3) is 0.696. The molecule has 2 aliphatic heterocycles. The largest absolute Gasteiger partial charge is 0.370 e. The van der Waals surface area contributed by atoms with Crippen molar-refractivity contribution in [1.29, 1.82) is 0 Å². The molecule has 1 unspecified atom stereocenters. The third-order valence-electron chi connectivity index (χ3n) is 6.23. The number of benzene rings is 1. The molecule has 2 aliphatic rings. The summed E-state index contributed by atoms with van der Waals surface area (Å²) in [6.45, 7) is 11.4. The summed E-state index contributed by atoms with van der Waals surface area (Å²) in [7, 11) is 2.30. The number of para-hydroxylation sites is 1. The normalized spacial score (nSPS) is 22.3. The van der Waals surface area contributed by atoms with Crippen LogP contribution in [0.15, 0.2) is 30.3 Å². The average Bonchev–Trinajstić information content (AvgIpc) is 2.68. The third kappa shape index (κ3) is 5.25. The molecule has 1 atom stereocenters. The van der Waals surface area contributed by atoms with Gasteiger partial charge in [-0.15, -0.1) is 0 Å². The molecular formula is C23H37N3O. The Balaban J connectivity index is 1.48. The molecule has 2 fully saturated rings. The maximum atomic E-state index is 12.5. The number of carbonyl (C=O) groups is 1. The zero-order valence-electron chi connectivity index (χ0n) is 17.7. The quantitative estimate of drug-likeness (QED) is 0.804. The van der Waals surface area contributed by atoms with Gasteiger partial charge in [-0.25, -0.2) is 0 Å². The Morgan fingerprint density at radius 1 is 1.07 bits per heavy atom. The summed E-state index contributed by atoms with van der Waals surface area (Å²) in [6.07, 6.45) is 4.84. The molecule has 2 saturated heterocycles. The van der Waals surface area contributed by atoms with Gasteiger partial charge in [0.05, 0.1) is 0 Å². The first-order chi connectivity index (χ1) is 12.8. The van der Waals surface area contributed by atoms with Gasteiger partial charge in [0.2, 0.25) is 5.91 Å². The molecule has 0 aromatic heterocycles. The number of piperidine rings is 2. The number of carbonyl (C=O) groups excluding carboxylic acids is 1. The van der Waals surface area contributed by atoms with E-state index in [9.17, 15) is 4.79 Å². The van der Waals surface area contributed by atoms with Crippen LogP contribution in [0.1, 0.15) is 46.5 Å². The Labute approximate surface area is 165 Å². The van der Waals surface area contributed by atoms with Crippen molar-refractivity contribution in [2.24, 2.45) is 11.3 Å². The molecule has 1 aromatic carbocycles. The second kappa shape index (κ2) is 8.64. The number of likely N-dealkylation sites (tertiary alicyclic amines) is 1. The van der Waals surface area contributed by atoms with Gasteiger partial charge in [0.1, 0.15) is 0 Å². The van der Waals surface area contributed by atoms with E-state index in [0.717, 1.165) is 39.0 Å². The monoisotopic (exact) mass is 371 g/mol. The van der Waals surface area contributed by atoms with Crippen molar-refractivity contribution in [1.82, 2.24) is 9.80 Å². The summed E-state index contributed by atoms with van der Waals surface area (Å²) in [5.74, 6) is 1.02. The van der Waals surface area contributed by atoms with E-state index >= 15 is 0 Å². The molecule has 27 heavy (non-hydrogen) atoms. The zero-order valence-corrected chi connectivity index (χ0v) is 17.7. The van der Waals surface area contributed by atoms with E-state index in [1.165, 1.54) is 25.1 Å². The second-order valence-electron chi connectivity index (χ2n) is 9.50. The predicted molar refractivity (Wildman–Crippen MR) is 113 cm³/mol. The van der Waals surface area contributed by atoms with Gasteiger partial charge >= 0.3 is 0 Å². The van der Waals surface area contributed by atoms with Gasteiger partial charge in [-0.3, -0.25) is 4.79 Å². The minimum absolute atomic E-state index is 0.257. The van der Waals surface area contributed by atoms with Crippen LogP contribution in [0.5, 0.6) is 0 Å². The molecule has 1 amide bonds. The van der Waals surface area contributed by atoms with Gasteiger partial charge < -0.3 is 14.7 Å². The first-order valence-corrected chi connectivity index (χ1v) is 10.6. The lowest BCUT2D eigenvalue weighted by Gasteiger charge is -2.41. The van der Waals surface area contributed by atoms with Crippen molar-refractivity contribution in [3.05, 3.63) is 30.3 Å². The summed E-state index contributed by atoms with van der Waals surface area (Å²) in [5, 5.41) is 0. The molecule has 3 rings (SSSR count). The molecule has 2 heterocycles. The molecule has 0 bridgehead atoms. The highest BCUT2D eigenvalue weighted by Crippen LogP contribution is 2.26. The van der Waals surface area contributed by atoms with Gasteiger partial charge in [0, 0.05) is 49.9 Å². The van der Waals surface area contributed by atoms with E-state index in [2.05, 4.69) is 52.1 Å². The molecule has 0 spiro atoms. The van der Waals surface area contributed by atoms with E-state index < -0.39 is 0 Å². The first kappa shape index (κ1) is 20.2. The van der Waals surface area contributed by atoms with Crippen LogP contribution < -0.4 is 4.90 Å². The lowest BCUT2D eigenvalue weighted by molar-refractivity contribution is -0.141. The van der Waals surface area contributed by atoms with Crippen molar-refractivity contribution >= 4 is 11.6 Å². The minimum atomic E-state index is -0.257. The van der Waals surface area contributed by atoms with Crippen LogP contribution in [0.25, 0.3) is 0 Å². The Bertz CT molecular complexity index is 602. The van der Waals surface area contributed by atoms with E-state index in [4.69, 9.17) is 0 Å². The van der Waals surface area contributed by atoms with Gasteiger partial charge in [-0.05, 0) is 50.8 Å². The highest BCUT2D eigenvalue weighted by atomic mass is 16.2. The maximum absolute atomic E-state index is 12.5. The highest BCUT2D eigenvalue weighted by molar-refractivity contribution is 5.81. The van der Waals surface area contributed by atoms with Crippen molar-refractivity contribution in [3.8, 4) is 0 Å². The molecule has 4 heteroatoms. The number of rotatable bonds is 4. The van der Waals surface area contributed by atoms with Crippen LogP contribution in [0.4, 0.5) is 5.69 Å². The number of anilines is 1. The smallest absolute Gasteiger partial charge is 0.227 e. The predicted octanol–water partition coefficient (Wildman–Crippen LogP) is 3.87. The molecule has 0 radical (unpaired) electrons. The minimum Gasteiger partial charge on any atom is -0.370 e. The lowest BCUT2D eigenvalue weighted by atomic mass is 9.90. The standard InChI is InChI=1S/C23H37N3O/c1-23(2,3)22(27)25-15-12-19(13-16-25)17-24(4)21-11-8-14-26(18-21)20-9-6-5-7-10-20/h5-7,9-10,19,21H,8,11-18H2,1-4H3. The summed E-state index contributed by atoms with van der Waals surface area (Å²) < 4.78 is 0. The molecule has 0 saturated carbocycles. The summed E-state index contributed by atoms with van der Waals surface area (Å²) in [6, 6.07) is 11.4. The van der Waals surface area contributed by atoms with Gasteiger partial charge in [-0.1, -0.05) is 39.0 Å². The van der Waals surface area contributed by atoms with Crippen LogP contribution in [0.3, 0.4) is 0 Å². The number of amides is 1. The fourth-order valence-corrected chi connectivity index (χ4v) is 4.54. The Hall–Kier alpha value is -1.55. The highest BCUT2D eigenvalue weighted by Gasteiger charge is 2.31. The summed E-state index contributed by atoms with van der Waals surface area (Å²) >= 11 is 0. The Kier molecular flexibility index (Phi) is 6.46. The number of hydrogen-bond donors (Lipinski definition) is 0. The van der Waals surface area contributed by atoms with Crippen molar-refractivity contribution in [3.63, 3.8) is 0 Å². The molecule has 0 N–H and O–H groups in total. The molecular weight excluding hydrogens is 334 g/mol. The first-order valence-electron chi connectivity index (χ1n) is 10.6. The van der Waals surface area contributed by atoms with Crippen molar-refractivity contribution in [2.75, 3.05) is 44.7 Å². The number of nitrogens with zero attached hydrogens (tertiary/aromatic N) is 3. The number of likely N-dealkylation sites (N-methyl/N-ethyl adjacent to an activating group) is 1. The molecule has 1 aromatic rings. The van der Waals surface area contributed by atoms with E-state index in [1.54, 1.807) is 0 Å². The van der Waals surface area contributed by atoms with Gasteiger partial charge in [0.25, 0.3) is 0 Å². The summed E-state index contributed by atoms with van der Waals surface area (Å²) in [5.41, 5.74) is 1.09. The Morgan fingerprint density at radius 3 is 2.37 bits per heavy atom. The van der Waals surface area contributed by atoms with Crippen LogP contribution >= 0.6 is 0 Å². The lowest BCUT2D eigenvalue weighted by Crippen LogP contribution is -2.49. The number of hydrogen-bond acceptors (Lipinski definition) is 3.